The number of halogens is 1. The van der Waals surface area contributed by atoms with Gasteiger partial charge in [0, 0.05) is 34.8 Å². The molecule has 2 aromatic carbocycles. The fourth-order valence-electron chi connectivity index (χ4n) is 6.68. The molecule has 2 aromatic rings. The van der Waals surface area contributed by atoms with Crippen molar-refractivity contribution in [2.45, 2.75) is 25.7 Å². The summed E-state index contributed by atoms with van der Waals surface area (Å²) in [6.07, 6.45) is 3.52. The molecular formula is C30H23BrN2O8. The molecule has 208 valence electrons. The van der Waals surface area contributed by atoms with Gasteiger partial charge < -0.3 is 9.84 Å². The molecular weight excluding hydrogens is 596 g/mol. The molecule has 1 heterocycles. The monoisotopic (exact) mass is 618 g/mol. The smallest absolute Gasteiger partial charge is 0.271 e. The number of ether oxygens (including phenoxy) is 1. The number of amides is 2. The van der Waals surface area contributed by atoms with Gasteiger partial charge in [-0.15, -0.1) is 0 Å². The zero-order chi connectivity index (χ0) is 29.3. The van der Waals surface area contributed by atoms with Gasteiger partial charge in [-0.3, -0.25) is 29.3 Å². The van der Waals surface area contributed by atoms with Gasteiger partial charge in [-0.25, -0.2) is 4.90 Å². The molecule has 0 unspecified atom stereocenters. The largest absolute Gasteiger partial charge is 0.503 e. The number of methoxy groups -OCH3 is 1. The van der Waals surface area contributed by atoms with Crippen LogP contribution in [0.2, 0.25) is 0 Å². The van der Waals surface area contributed by atoms with Crippen LogP contribution >= 0.6 is 15.9 Å². The summed E-state index contributed by atoms with van der Waals surface area (Å²) in [4.78, 5) is 66.2. The molecule has 1 aliphatic heterocycles. The Labute approximate surface area is 242 Å². The number of benzene rings is 2. The molecule has 41 heavy (non-hydrogen) atoms. The number of fused-ring (bicyclic) bond motifs is 3. The number of rotatable bonds is 4. The number of hydrogen-bond donors (Lipinski definition) is 1. The van der Waals surface area contributed by atoms with Crippen molar-refractivity contribution in [3.05, 3.63) is 91.0 Å². The van der Waals surface area contributed by atoms with E-state index in [9.17, 15) is 34.4 Å². The maximum atomic E-state index is 14.0. The predicted molar refractivity (Wildman–Crippen MR) is 149 cm³/mol. The second kappa shape index (κ2) is 9.62. The fraction of sp³-hybridized carbons (Fsp3) is 0.267. The Hall–Kier alpha value is -4.38. The highest BCUT2D eigenvalue weighted by Gasteiger charge is 2.56. The van der Waals surface area contributed by atoms with Crippen LogP contribution in [-0.2, 0) is 19.2 Å². The Morgan fingerprint density at radius 1 is 1.10 bits per heavy atom. The highest BCUT2D eigenvalue weighted by atomic mass is 79.9. The molecule has 0 radical (unpaired) electrons. The Balaban J connectivity index is 1.49. The van der Waals surface area contributed by atoms with E-state index in [1.807, 2.05) is 6.08 Å². The Morgan fingerprint density at radius 2 is 1.85 bits per heavy atom. The third-order valence-corrected chi connectivity index (χ3v) is 9.07. The predicted octanol–water partition coefficient (Wildman–Crippen LogP) is 4.71. The summed E-state index contributed by atoms with van der Waals surface area (Å²) in [5.74, 6) is -4.33. The highest BCUT2D eigenvalue weighted by Crippen LogP contribution is 2.56. The standard InChI is InChI=1S/C30H23BrN2O8/c1-13-8-22(34)26-20(27(13)35)12-19-17(24(26)14-9-21(31)28(36)23(10-14)41-2)6-7-18-25(19)30(38)32(29(18)37)15-4-3-5-16(11-15)33(39)40/h3-6,8-11,18-19,24-25,36H,7,12H2,1-2H3/t18-,19+,24-,25-/m0/s1. The Bertz CT molecular complexity index is 1700. The van der Waals surface area contributed by atoms with E-state index in [1.165, 1.54) is 37.5 Å². The van der Waals surface area contributed by atoms with E-state index in [0.29, 0.717) is 26.8 Å². The number of carbonyl (C=O) groups is 4. The highest BCUT2D eigenvalue weighted by molar-refractivity contribution is 9.10. The first-order chi connectivity index (χ1) is 19.5. The van der Waals surface area contributed by atoms with Crippen LogP contribution in [0.5, 0.6) is 11.5 Å². The number of allylic oxidation sites excluding steroid dienone is 6. The van der Waals surface area contributed by atoms with Gasteiger partial charge in [-0.05, 0) is 71.5 Å². The molecule has 0 aromatic heterocycles. The maximum absolute atomic E-state index is 14.0. The first kappa shape index (κ1) is 26.8. The summed E-state index contributed by atoms with van der Waals surface area (Å²) in [6.45, 7) is 1.57. The normalized spacial score (nSPS) is 25.4. The minimum absolute atomic E-state index is 0.104. The van der Waals surface area contributed by atoms with Gasteiger partial charge in [0.2, 0.25) is 11.8 Å². The van der Waals surface area contributed by atoms with Gasteiger partial charge >= 0.3 is 0 Å². The van der Waals surface area contributed by atoms with Crippen LogP contribution in [0.3, 0.4) is 0 Å². The van der Waals surface area contributed by atoms with E-state index in [4.69, 9.17) is 4.74 Å². The number of nitro benzene ring substituents is 1. The Morgan fingerprint density at radius 3 is 2.56 bits per heavy atom. The van der Waals surface area contributed by atoms with Crippen molar-refractivity contribution in [1.29, 1.82) is 0 Å². The minimum Gasteiger partial charge on any atom is -0.503 e. The summed E-state index contributed by atoms with van der Waals surface area (Å²) in [6, 6.07) is 8.64. The SMILES string of the molecule is COc1cc([C@H]2C3=CC[C@@H]4C(=O)N(c5cccc([N+](=O)[O-])c5)C(=O)[C@@H]4[C@@H]3CC3=C2C(=O)C=C(C)C3=O)cc(Br)c1O. The van der Waals surface area contributed by atoms with E-state index < -0.39 is 40.4 Å². The number of non-ortho nitro benzene ring substituents is 1. The van der Waals surface area contributed by atoms with Crippen molar-refractivity contribution in [3.63, 3.8) is 0 Å². The Kier molecular flexibility index (Phi) is 6.29. The number of Topliss-reactive ketones (excluding diaryl/α,β-unsaturated/α-hetero) is 1. The van der Waals surface area contributed by atoms with Crippen molar-refractivity contribution in [2.24, 2.45) is 17.8 Å². The summed E-state index contributed by atoms with van der Waals surface area (Å²) in [5.41, 5.74) is 2.10. The number of carbonyl (C=O) groups excluding carboxylic acids is 4. The van der Waals surface area contributed by atoms with Crippen molar-refractivity contribution >= 4 is 50.7 Å². The van der Waals surface area contributed by atoms with Crippen LogP contribution in [0.4, 0.5) is 11.4 Å². The molecule has 2 amide bonds. The molecule has 3 aliphatic carbocycles. The van der Waals surface area contributed by atoms with Crippen molar-refractivity contribution in [2.75, 3.05) is 12.0 Å². The van der Waals surface area contributed by atoms with E-state index in [1.54, 1.807) is 19.1 Å². The number of phenolic OH excluding ortho intramolecular Hbond substituents is 1. The summed E-state index contributed by atoms with van der Waals surface area (Å²) in [7, 11) is 1.40. The molecule has 0 saturated carbocycles. The molecule has 10 nitrogen and oxygen atoms in total. The topological polar surface area (TPSA) is 144 Å². The fourth-order valence-corrected chi connectivity index (χ4v) is 7.14. The van der Waals surface area contributed by atoms with Crippen molar-refractivity contribution < 1.29 is 33.9 Å². The molecule has 1 N–H and O–H groups in total. The lowest BCUT2D eigenvalue weighted by molar-refractivity contribution is -0.384. The van der Waals surface area contributed by atoms with Crippen molar-refractivity contribution in [1.82, 2.24) is 0 Å². The number of ketones is 2. The molecule has 1 fully saturated rings. The summed E-state index contributed by atoms with van der Waals surface area (Å²) >= 11 is 3.35. The first-order valence-electron chi connectivity index (χ1n) is 12.9. The molecule has 4 aliphatic rings. The lowest BCUT2D eigenvalue weighted by Crippen LogP contribution is -2.39. The first-order valence-corrected chi connectivity index (χ1v) is 13.7. The number of aromatic hydroxyl groups is 1. The lowest BCUT2D eigenvalue weighted by Gasteiger charge is -2.42. The van der Waals surface area contributed by atoms with Gasteiger partial charge in [0.1, 0.15) is 0 Å². The average Bonchev–Trinajstić information content (AvgIpc) is 3.21. The van der Waals surface area contributed by atoms with Crippen LogP contribution in [-0.4, -0.2) is 40.5 Å². The van der Waals surface area contributed by atoms with E-state index in [0.717, 1.165) is 10.5 Å². The number of imide groups is 1. The molecule has 0 bridgehead atoms. The number of phenols is 1. The minimum atomic E-state index is -0.824. The van der Waals surface area contributed by atoms with Crippen molar-refractivity contribution in [3.8, 4) is 11.5 Å². The second-order valence-electron chi connectivity index (χ2n) is 10.6. The molecule has 0 spiro atoms. The summed E-state index contributed by atoms with van der Waals surface area (Å²) < 4.78 is 5.68. The van der Waals surface area contributed by atoms with Gasteiger partial charge in [0.05, 0.1) is 34.0 Å². The van der Waals surface area contributed by atoms with Crippen LogP contribution in [0.1, 0.15) is 31.2 Å². The maximum Gasteiger partial charge on any atom is 0.271 e. The molecule has 4 atom stereocenters. The summed E-state index contributed by atoms with van der Waals surface area (Å²) in [5, 5.41) is 21.8. The van der Waals surface area contributed by atoms with Crippen LogP contribution < -0.4 is 9.64 Å². The zero-order valence-electron chi connectivity index (χ0n) is 21.9. The third-order valence-electron chi connectivity index (χ3n) is 8.46. The number of hydrogen-bond acceptors (Lipinski definition) is 8. The zero-order valence-corrected chi connectivity index (χ0v) is 23.5. The van der Waals surface area contributed by atoms with Crippen LogP contribution in [0, 0.1) is 27.9 Å². The van der Waals surface area contributed by atoms with E-state index in [2.05, 4.69) is 15.9 Å². The van der Waals surface area contributed by atoms with Crippen LogP contribution in [0.15, 0.2) is 75.3 Å². The molecule has 11 heteroatoms. The average molecular weight is 619 g/mol. The quantitative estimate of drug-likeness (QED) is 0.171. The lowest BCUT2D eigenvalue weighted by atomic mass is 9.59. The van der Waals surface area contributed by atoms with Gasteiger partial charge in [0.25, 0.3) is 5.69 Å². The number of nitrogens with zero attached hydrogens (tertiary/aromatic N) is 2. The molecule has 1 saturated heterocycles. The second-order valence-corrected chi connectivity index (χ2v) is 11.4. The van der Waals surface area contributed by atoms with Gasteiger partial charge in [-0.1, -0.05) is 17.7 Å². The van der Waals surface area contributed by atoms with Gasteiger partial charge in [-0.2, -0.15) is 0 Å². The molecule has 6 rings (SSSR count). The van der Waals surface area contributed by atoms with Crippen LogP contribution in [0.25, 0.3) is 0 Å². The number of anilines is 1. The third kappa shape index (κ3) is 3.98. The van der Waals surface area contributed by atoms with E-state index in [-0.39, 0.29) is 47.3 Å². The van der Waals surface area contributed by atoms with Gasteiger partial charge in [0.15, 0.2) is 23.1 Å². The van der Waals surface area contributed by atoms with E-state index >= 15 is 0 Å². The number of nitro groups is 1.